The van der Waals surface area contributed by atoms with Crippen LogP contribution >= 0.6 is 11.3 Å². The molecule has 0 aliphatic heterocycles. The van der Waals surface area contributed by atoms with Crippen LogP contribution in [0.15, 0.2) is 5.38 Å². The van der Waals surface area contributed by atoms with Crippen molar-refractivity contribution in [2.45, 2.75) is 98.6 Å². The van der Waals surface area contributed by atoms with Crippen molar-refractivity contribution in [3.8, 4) is 0 Å². The van der Waals surface area contributed by atoms with Gasteiger partial charge in [-0.1, -0.05) is 60.3 Å². The summed E-state index contributed by atoms with van der Waals surface area (Å²) in [7, 11) is 0. The van der Waals surface area contributed by atoms with Crippen molar-refractivity contribution in [3.63, 3.8) is 0 Å². The molecule has 1 aromatic rings. The number of carboxylic acid groups (broad SMARTS) is 1. The highest BCUT2D eigenvalue weighted by molar-refractivity contribution is 7.09. The van der Waals surface area contributed by atoms with E-state index in [1.165, 1.54) is 23.6 Å². The van der Waals surface area contributed by atoms with E-state index in [1.54, 1.807) is 0 Å². The molecule has 0 bridgehead atoms. The zero-order valence-electron chi connectivity index (χ0n) is 20.4. The van der Waals surface area contributed by atoms with E-state index < -0.39 is 18.0 Å². The van der Waals surface area contributed by atoms with E-state index in [4.69, 9.17) is 4.74 Å². The molecule has 0 fully saturated rings. The van der Waals surface area contributed by atoms with E-state index in [-0.39, 0.29) is 23.6 Å². The summed E-state index contributed by atoms with van der Waals surface area (Å²) >= 11 is 1.17. The first-order chi connectivity index (χ1) is 15.1. The zero-order chi connectivity index (χ0) is 24.3. The molecule has 7 nitrogen and oxygen atoms in total. The van der Waals surface area contributed by atoms with Crippen LogP contribution in [0.2, 0.25) is 0 Å². The quantitative estimate of drug-likeness (QED) is 0.262. The number of nitrogens with zero attached hydrogens (tertiary/aromatic N) is 2. The molecule has 0 saturated carbocycles. The highest BCUT2D eigenvalue weighted by Gasteiger charge is 2.32. The van der Waals surface area contributed by atoms with Crippen LogP contribution < -0.4 is 0 Å². The minimum atomic E-state index is -1.12. The lowest BCUT2D eigenvalue weighted by atomic mass is 9.94. The lowest BCUT2D eigenvalue weighted by Crippen LogP contribution is -2.45. The van der Waals surface area contributed by atoms with Crippen LogP contribution in [-0.2, 0) is 14.3 Å². The fraction of sp³-hybridized carbons (Fsp3) is 0.750. The van der Waals surface area contributed by atoms with Gasteiger partial charge in [0.05, 0.1) is 0 Å². The van der Waals surface area contributed by atoms with E-state index in [0.717, 1.165) is 32.1 Å². The molecule has 1 amide bonds. The molecular weight excluding hydrogens is 428 g/mol. The second-order valence-electron chi connectivity index (χ2n) is 8.89. The number of rotatable bonds is 15. The van der Waals surface area contributed by atoms with Gasteiger partial charge in [0, 0.05) is 37.7 Å². The van der Waals surface area contributed by atoms with E-state index in [2.05, 4.69) is 39.6 Å². The van der Waals surface area contributed by atoms with Crippen molar-refractivity contribution >= 4 is 29.2 Å². The molecule has 0 aliphatic rings. The highest BCUT2D eigenvalue weighted by atomic mass is 32.1. The Morgan fingerprint density at radius 3 is 2.34 bits per heavy atom. The van der Waals surface area contributed by atoms with Gasteiger partial charge in [-0.25, -0.2) is 9.78 Å². The number of aromatic nitrogens is 1. The first-order valence-electron chi connectivity index (χ1n) is 11.8. The molecule has 0 saturated heterocycles. The van der Waals surface area contributed by atoms with Crippen molar-refractivity contribution < 1.29 is 24.2 Å². The van der Waals surface area contributed by atoms with Crippen LogP contribution in [0.5, 0.6) is 0 Å². The molecule has 0 radical (unpaired) electrons. The Morgan fingerprint density at radius 2 is 1.84 bits per heavy atom. The van der Waals surface area contributed by atoms with E-state index in [0.29, 0.717) is 30.3 Å². The summed E-state index contributed by atoms with van der Waals surface area (Å²) in [6.07, 6.45) is 5.39. The normalized spacial score (nSPS) is 14.1. The van der Waals surface area contributed by atoms with Gasteiger partial charge in [0.15, 0.2) is 11.8 Å². The van der Waals surface area contributed by atoms with Gasteiger partial charge < -0.3 is 14.7 Å². The molecule has 1 aromatic heterocycles. The number of aromatic carboxylic acids is 1. The molecule has 1 rings (SSSR count). The molecule has 0 aliphatic carbocycles. The predicted octanol–water partition coefficient (Wildman–Crippen LogP) is 5.71. The van der Waals surface area contributed by atoms with Crippen LogP contribution in [0.3, 0.4) is 0 Å². The third-order valence-corrected chi connectivity index (χ3v) is 6.68. The van der Waals surface area contributed by atoms with Crippen LogP contribution in [0, 0.1) is 11.8 Å². The van der Waals surface area contributed by atoms with Crippen molar-refractivity contribution in [2.24, 2.45) is 11.8 Å². The Morgan fingerprint density at radius 1 is 1.16 bits per heavy atom. The number of carbonyl (C=O) groups is 3. The molecule has 8 heteroatoms. The Balaban J connectivity index is 3.18. The van der Waals surface area contributed by atoms with Crippen molar-refractivity contribution in [1.29, 1.82) is 0 Å². The first kappa shape index (κ1) is 28.1. The van der Waals surface area contributed by atoms with Gasteiger partial charge >= 0.3 is 11.9 Å². The third kappa shape index (κ3) is 9.27. The second-order valence-corrected chi connectivity index (χ2v) is 9.78. The van der Waals surface area contributed by atoms with Gasteiger partial charge in [-0.15, -0.1) is 11.3 Å². The molecule has 3 atom stereocenters. The minimum Gasteiger partial charge on any atom is -0.476 e. The number of hydrogen-bond donors (Lipinski definition) is 1. The minimum absolute atomic E-state index is 0.0625. The molecule has 182 valence electrons. The van der Waals surface area contributed by atoms with Crippen LogP contribution in [0.1, 0.15) is 108 Å². The maximum absolute atomic E-state index is 13.3. The molecule has 1 heterocycles. The van der Waals surface area contributed by atoms with E-state index in [9.17, 15) is 19.5 Å². The molecular formula is C24H40N2O5S. The number of carboxylic acids is 1. The monoisotopic (exact) mass is 468 g/mol. The van der Waals surface area contributed by atoms with Gasteiger partial charge in [-0.3, -0.25) is 9.59 Å². The molecule has 0 aromatic carbocycles. The summed E-state index contributed by atoms with van der Waals surface area (Å²) in [6, 6.07) is -0.144. The first-order valence-corrected chi connectivity index (χ1v) is 12.6. The summed E-state index contributed by atoms with van der Waals surface area (Å²) in [5.74, 6) is -1.00. The lowest BCUT2D eigenvalue weighted by molar-refractivity contribution is -0.148. The maximum atomic E-state index is 13.3. The summed E-state index contributed by atoms with van der Waals surface area (Å²) in [5, 5.41) is 11.1. The highest BCUT2D eigenvalue weighted by Crippen LogP contribution is 2.31. The van der Waals surface area contributed by atoms with Gasteiger partial charge in [0.2, 0.25) is 5.91 Å². The fourth-order valence-corrected chi connectivity index (χ4v) is 4.49. The average molecular weight is 469 g/mol. The Bertz CT molecular complexity index is 734. The van der Waals surface area contributed by atoms with Crippen LogP contribution in [-0.4, -0.2) is 45.4 Å². The number of esters is 1. The summed E-state index contributed by atoms with van der Waals surface area (Å²) in [4.78, 5) is 42.5. The third-order valence-electron chi connectivity index (χ3n) is 5.74. The Kier molecular flexibility index (Phi) is 12.5. The number of unbranched alkanes of at least 4 members (excludes halogenated alkanes) is 3. The molecule has 32 heavy (non-hydrogen) atoms. The smallest absolute Gasteiger partial charge is 0.355 e. The lowest BCUT2D eigenvalue weighted by Gasteiger charge is -2.37. The summed E-state index contributed by atoms with van der Waals surface area (Å²) in [6.45, 7) is 12.5. The topological polar surface area (TPSA) is 96.8 Å². The maximum Gasteiger partial charge on any atom is 0.355 e. The molecule has 0 spiro atoms. The summed E-state index contributed by atoms with van der Waals surface area (Å²) in [5.41, 5.74) is -0.0625. The van der Waals surface area contributed by atoms with Gasteiger partial charge in [-0.2, -0.15) is 0 Å². The van der Waals surface area contributed by atoms with E-state index in [1.807, 2.05) is 4.90 Å². The van der Waals surface area contributed by atoms with Gasteiger partial charge in [-0.05, 0) is 18.3 Å². The average Bonchev–Trinajstić information content (AvgIpc) is 3.21. The summed E-state index contributed by atoms with van der Waals surface area (Å²) < 4.78 is 5.56. The Labute approximate surface area is 196 Å². The zero-order valence-corrected chi connectivity index (χ0v) is 21.2. The number of amides is 1. The Hall–Kier alpha value is -1.96. The standard InChI is InChI=1S/C24H40N2O5S/c1-7-9-10-11-12-26(22(28)13-17(5)8-2)20(16(3)4)14-21(31-18(6)27)23-25-19(15-32-23)24(29)30/h15-17,20-21H,7-14H2,1-6H3,(H,29,30)/t17-,20+,21+/m0/s1. The van der Waals surface area contributed by atoms with Crippen LogP contribution in [0.4, 0.5) is 0 Å². The SMILES string of the molecule is CCCCCCN(C(=O)C[C@@H](C)CC)[C@H](C[C@@H](OC(C)=O)c1nc(C(=O)O)cs1)C(C)C. The molecule has 1 N–H and O–H groups in total. The van der Waals surface area contributed by atoms with Crippen molar-refractivity contribution in [2.75, 3.05) is 6.54 Å². The van der Waals surface area contributed by atoms with E-state index >= 15 is 0 Å². The predicted molar refractivity (Wildman–Crippen MR) is 127 cm³/mol. The van der Waals surface area contributed by atoms with Crippen molar-refractivity contribution in [3.05, 3.63) is 16.1 Å². The number of carbonyl (C=O) groups excluding carboxylic acids is 2. The largest absolute Gasteiger partial charge is 0.476 e. The van der Waals surface area contributed by atoms with Gasteiger partial charge in [0.1, 0.15) is 5.01 Å². The number of hydrogen-bond acceptors (Lipinski definition) is 6. The fourth-order valence-electron chi connectivity index (χ4n) is 3.66. The van der Waals surface area contributed by atoms with Crippen LogP contribution in [0.25, 0.3) is 0 Å². The second kappa shape index (κ2) is 14.2. The number of ether oxygens (including phenoxy) is 1. The van der Waals surface area contributed by atoms with Gasteiger partial charge in [0.25, 0.3) is 0 Å². The number of thiazole rings is 1. The molecule has 0 unspecified atom stereocenters. The van der Waals surface area contributed by atoms with Crippen molar-refractivity contribution in [1.82, 2.24) is 9.88 Å².